The summed E-state index contributed by atoms with van der Waals surface area (Å²) in [6.07, 6.45) is 12.0. The Bertz CT molecular complexity index is 1320. The van der Waals surface area contributed by atoms with Gasteiger partial charge in [-0.2, -0.15) is 10.5 Å². The van der Waals surface area contributed by atoms with Crippen LogP contribution in [-0.4, -0.2) is 115 Å². The van der Waals surface area contributed by atoms with Crippen molar-refractivity contribution in [1.82, 2.24) is 0 Å². The van der Waals surface area contributed by atoms with Crippen LogP contribution in [-0.2, 0) is 66.5 Å². The molecule has 0 aromatic carbocycles. The third kappa shape index (κ3) is 42.6. The second-order valence-corrected chi connectivity index (χ2v) is 10.6. The molecule has 3 fully saturated rings. The van der Waals surface area contributed by atoms with Gasteiger partial charge in [0.2, 0.25) is 0 Å². The zero-order chi connectivity index (χ0) is 41.7. The molecule has 0 aromatic heterocycles. The molecule has 0 bridgehead atoms. The average molecular weight is 761 g/mol. The van der Waals surface area contributed by atoms with Gasteiger partial charge < -0.3 is 47.4 Å². The topological polar surface area (TPSA) is 218 Å². The predicted molar refractivity (Wildman–Crippen MR) is 195 cm³/mol. The van der Waals surface area contributed by atoms with E-state index in [9.17, 15) is 19.2 Å². The second-order valence-electron chi connectivity index (χ2n) is 10.6. The first-order valence-electron chi connectivity index (χ1n) is 16.0. The van der Waals surface area contributed by atoms with Crippen molar-refractivity contribution in [1.29, 1.82) is 10.5 Å². The van der Waals surface area contributed by atoms with E-state index in [1.807, 2.05) is 0 Å². The third-order valence-corrected chi connectivity index (χ3v) is 4.96. The summed E-state index contributed by atoms with van der Waals surface area (Å²) in [4.78, 5) is 42.7. The molecule has 16 nitrogen and oxygen atoms in total. The van der Waals surface area contributed by atoms with Crippen molar-refractivity contribution in [3.63, 3.8) is 0 Å². The van der Waals surface area contributed by atoms with Gasteiger partial charge in [0.15, 0.2) is 0 Å². The molecule has 3 aliphatic rings. The molecule has 16 heteroatoms. The maximum Gasteiger partial charge on any atom is 0.340 e. The summed E-state index contributed by atoms with van der Waals surface area (Å²) in [6.45, 7) is 32.1. The average Bonchev–Trinajstić information content (AvgIpc) is 3.97. The lowest BCUT2D eigenvalue weighted by Crippen LogP contribution is -2.12. The summed E-state index contributed by atoms with van der Waals surface area (Å²) in [5.74, 6) is 0.149. The molecule has 3 aliphatic heterocycles. The number of rotatable bonds is 18. The maximum atomic E-state index is 10.7. The Hall–Kier alpha value is -5.54. The van der Waals surface area contributed by atoms with Crippen LogP contribution >= 0.6 is 0 Å². The van der Waals surface area contributed by atoms with Gasteiger partial charge in [-0.05, 0) is 27.7 Å². The molecule has 0 saturated carbocycles. The minimum atomic E-state index is -0.710. The van der Waals surface area contributed by atoms with E-state index in [0.717, 1.165) is 19.8 Å². The minimum absolute atomic E-state index is 0.0826. The first kappa shape index (κ1) is 52.8. The Morgan fingerprint density at radius 3 is 1.41 bits per heavy atom. The van der Waals surface area contributed by atoms with E-state index in [-0.39, 0.29) is 36.4 Å². The van der Waals surface area contributed by atoms with Crippen LogP contribution in [0.3, 0.4) is 0 Å². The van der Waals surface area contributed by atoms with Crippen LogP contribution in [0.2, 0.25) is 0 Å². The molecule has 3 saturated heterocycles. The SMILES string of the molecule is C#CCOCC1CO1.C=C(C)C(=O)OC(=O)C(=C)C.C=C(C)C(=O)OCC1CO1.C=C(C)C(=O)OCCOC#N.C=CCOC#N.C=CCOCC1CO1. The molecule has 0 spiro atoms. The van der Waals surface area contributed by atoms with Gasteiger partial charge in [-0.3, -0.25) is 0 Å². The summed E-state index contributed by atoms with van der Waals surface area (Å²) < 4.78 is 46.7. The summed E-state index contributed by atoms with van der Waals surface area (Å²) in [5.41, 5.74) is 1.15. The number of hydrogen-bond acceptors (Lipinski definition) is 16. The van der Waals surface area contributed by atoms with Crippen LogP contribution in [0, 0.1) is 35.4 Å². The Morgan fingerprint density at radius 2 is 1.06 bits per heavy atom. The van der Waals surface area contributed by atoms with Crippen LogP contribution in [0.25, 0.3) is 0 Å². The van der Waals surface area contributed by atoms with E-state index in [1.165, 1.54) is 32.4 Å². The van der Waals surface area contributed by atoms with Crippen molar-refractivity contribution in [2.45, 2.75) is 46.0 Å². The molecular formula is C38H52N2O14. The van der Waals surface area contributed by atoms with E-state index in [2.05, 4.69) is 64.3 Å². The third-order valence-electron chi connectivity index (χ3n) is 4.96. The van der Waals surface area contributed by atoms with Gasteiger partial charge in [0, 0.05) is 22.3 Å². The van der Waals surface area contributed by atoms with Crippen molar-refractivity contribution in [3.8, 4) is 24.9 Å². The fraction of sp³-hybridized carbons (Fsp3) is 0.474. The lowest BCUT2D eigenvalue weighted by Gasteiger charge is -2.00. The number of carbonyl (C=O) groups is 4. The van der Waals surface area contributed by atoms with Crippen LogP contribution in [0.5, 0.6) is 0 Å². The Morgan fingerprint density at radius 1 is 0.648 bits per heavy atom. The zero-order valence-corrected chi connectivity index (χ0v) is 31.6. The monoisotopic (exact) mass is 760 g/mol. The van der Waals surface area contributed by atoms with Crippen molar-refractivity contribution >= 4 is 23.9 Å². The molecule has 3 atom stereocenters. The number of esters is 4. The molecule has 3 rings (SSSR count). The van der Waals surface area contributed by atoms with Gasteiger partial charge in [0.05, 0.1) is 39.6 Å². The van der Waals surface area contributed by atoms with Gasteiger partial charge in [-0.25, -0.2) is 19.2 Å². The molecule has 0 radical (unpaired) electrons. The number of ether oxygens (including phenoxy) is 10. The maximum absolute atomic E-state index is 10.7. The van der Waals surface area contributed by atoms with Gasteiger partial charge in [0.25, 0.3) is 12.5 Å². The smallest absolute Gasteiger partial charge is 0.340 e. The Kier molecular flexibility index (Phi) is 35.1. The van der Waals surface area contributed by atoms with Gasteiger partial charge in [0.1, 0.15) is 51.3 Å². The lowest BCUT2D eigenvalue weighted by molar-refractivity contribution is -0.154. The van der Waals surface area contributed by atoms with Gasteiger partial charge in [-0.15, -0.1) is 13.0 Å². The predicted octanol–water partition coefficient (Wildman–Crippen LogP) is 3.61. The Balaban J connectivity index is -0.000000584. The molecule has 0 aromatic rings. The largest absolute Gasteiger partial charge is 0.459 e. The quantitative estimate of drug-likeness (QED) is 0.0224. The summed E-state index contributed by atoms with van der Waals surface area (Å²) >= 11 is 0. The highest BCUT2D eigenvalue weighted by atomic mass is 16.6. The van der Waals surface area contributed by atoms with Crippen molar-refractivity contribution in [2.24, 2.45) is 0 Å². The van der Waals surface area contributed by atoms with Crippen molar-refractivity contribution in [3.05, 3.63) is 73.9 Å². The van der Waals surface area contributed by atoms with Gasteiger partial charge in [-0.1, -0.05) is 51.0 Å². The zero-order valence-electron chi connectivity index (χ0n) is 31.6. The van der Waals surface area contributed by atoms with Crippen LogP contribution in [0.15, 0.2) is 73.9 Å². The molecule has 0 aliphatic carbocycles. The summed E-state index contributed by atoms with van der Waals surface area (Å²) in [5, 5.41) is 15.6. The van der Waals surface area contributed by atoms with E-state index in [4.69, 9.17) is 45.4 Å². The first-order chi connectivity index (χ1) is 25.6. The molecule has 54 heavy (non-hydrogen) atoms. The molecule has 0 amide bonds. The number of nitrogens with zero attached hydrogens (tertiary/aromatic N) is 2. The molecular weight excluding hydrogens is 708 g/mol. The fourth-order valence-corrected chi connectivity index (χ4v) is 2.02. The number of terminal acetylenes is 1. The molecule has 298 valence electrons. The van der Waals surface area contributed by atoms with E-state index >= 15 is 0 Å². The van der Waals surface area contributed by atoms with Crippen molar-refractivity contribution < 1.29 is 66.5 Å². The van der Waals surface area contributed by atoms with Crippen LogP contribution < -0.4 is 0 Å². The minimum Gasteiger partial charge on any atom is -0.459 e. The molecule has 0 N–H and O–H groups in total. The highest BCUT2D eigenvalue weighted by Gasteiger charge is 2.24. The van der Waals surface area contributed by atoms with E-state index < -0.39 is 17.9 Å². The summed E-state index contributed by atoms with van der Waals surface area (Å²) in [6, 6.07) is 0. The van der Waals surface area contributed by atoms with Crippen molar-refractivity contribution in [2.75, 3.05) is 72.7 Å². The molecule has 3 heterocycles. The Labute approximate surface area is 318 Å². The normalized spacial score (nSPS) is 15.5. The number of epoxide rings is 3. The standard InChI is InChI=1S/C8H10O3.C7H9NO3.C7H10O3.C6H10O2.C6H8O2.C4H5NO/c1-5(2)7(9)11-8(10)6(3)4;1-6(2)7(9)11-4-3-10-5-8;1-5(2)7(8)10-4-6-3-9-6;2*1-2-3-7-4-6-5-8-6;1-2-3-6-4-5/h1,3H2,2,4H3;1,3-4H2,2H3;6H,1,3-4H2,2H3;2,6H,1,3-5H2;1,6H,3-5H2;2H,1,3H2. The fourth-order valence-electron chi connectivity index (χ4n) is 2.02. The summed E-state index contributed by atoms with van der Waals surface area (Å²) in [7, 11) is 0. The molecule has 3 unspecified atom stereocenters. The number of nitriles is 2. The highest BCUT2D eigenvalue weighted by Crippen LogP contribution is 2.09. The lowest BCUT2D eigenvalue weighted by atomic mass is 10.3. The first-order valence-corrected chi connectivity index (χ1v) is 16.0. The van der Waals surface area contributed by atoms with E-state index in [0.29, 0.717) is 63.0 Å². The number of hydrogen-bond donors (Lipinski definition) is 0. The second kappa shape index (κ2) is 35.8. The van der Waals surface area contributed by atoms with Crippen LogP contribution in [0.4, 0.5) is 0 Å². The van der Waals surface area contributed by atoms with E-state index in [1.54, 1.807) is 19.9 Å². The van der Waals surface area contributed by atoms with Crippen LogP contribution in [0.1, 0.15) is 27.7 Å². The highest BCUT2D eigenvalue weighted by molar-refractivity contribution is 6.00. The number of carbonyl (C=O) groups excluding carboxylic acids is 4. The van der Waals surface area contributed by atoms with Gasteiger partial charge >= 0.3 is 23.9 Å².